The quantitative estimate of drug-likeness (QED) is 0.527. The van der Waals surface area contributed by atoms with Crippen LogP contribution in [-0.2, 0) is 4.74 Å². The fourth-order valence-corrected chi connectivity index (χ4v) is 3.27. The predicted molar refractivity (Wildman–Crippen MR) is 81.6 cm³/mol. The molecule has 2 aliphatic heterocycles. The van der Waals surface area contributed by atoms with Gasteiger partial charge in [0, 0.05) is 24.2 Å². The van der Waals surface area contributed by atoms with E-state index in [1.54, 1.807) is 12.1 Å². The lowest BCUT2D eigenvalue weighted by molar-refractivity contribution is -0.384. The number of rotatable bonds is 3. The highest BCUT2D eigenvalue weighted by Crippen LogP contribution is 2.33. The highest BCUT2D eigenvalue weighted by atomic mass is 16.6. The Hall–Kier alpha value is -2.21. The number of ether oxygens (including phenoxy) is 1. The van der Waals surface area contributed by atoms with E-state index in [-0.39, 0.29) is 11.3 Å². The first kappa shape index (κ1) is 14.7. The third-order valence-electron chi connectivity index (χ3n) is 4.31. The third kappa shape index (κ3) is 2.87. The van der Waals surface area contributed by atoms with Crippen LogP contribution in [0.5, 0.6) is 0 Å². The van der Waals surface area contributed by atoms with Crippen LogP contribution in [0.15, 0.2) is 24.3 Å². The molecule has 2 heterocycles. The molecule has 0 spiro atoms. The van der Waals surface area contributed by atoms with Crippen LogP contribution in [0, 0.1) is 10.1 Å². The van der Waals surface area contributed by atoms with Gasteiger partial charge in [0.2, 0.25) is 0 Å². The number of fused-ring (bicyclic) bond motifs is 2. The first-order valence-corrected chi connectivity index (χ1v) is 7.41. The van der Waals surface area contributed by atoms with E-state index in [0.717, 1.165) is 30.4 Å². The molecular formula is C16H18N2O4. The van der Waals surface area contributed by atoms with E-state index in [1.807, 2.05) is 0 Å². The number of nitro benzene ring substituents is 1. The number of hydrogen-bond donors (Lipinski definition) is 1. The van der Waals surface area contributed by atoms with Crippen molar-refractivity contribution in [1.29, 1.82) is 0 Å². The van der Waals surface area contributed by atoms with E-state index >= 15 is 0 Å². The number of nitrogens with zero attached hydrogens (tertiary/aromatic N) is 1. The molecule has 2 atom stereocenters. The van der Waals surface area contributed by atoms with Crippen LogP contribution in [0.2, 0.25) is 0 Å². The molecule has 0 amide bonds. The Bertz CT molecular complexity index is 654. The zero-order valence-corrected chi connectivity index (χ0v) is 12.4. The van der Waals surface area contributed by atoms with Crippen molar-refractivity contribution < 1.29 is 14.5 Å². The number of carbonyl (C=O) groups excluding carboxylic acids is 1. The summed E-state index contributed by atoms with van der Waals surface area (Å²) >= 11 is 0. The van der Waals surface area contributed by atoms with Gasteiger partial charge in [-0.1, -0.05) is 12.5 Å². The number of piperidine rings is 1. The molecule has 3 rings (SSSR count). The van der Waals surface area contributed by atoms with Gasteiger partial charge in [-0.25, -0.2) is 4.79 Å². The smallest absolute Gasteiger partial charge is 0.338 e. The second-order valence-electron chi connectivity index (χ2n) is 5.81. The summed E-state index contributed by atoms with van der Waals surface area (Å²) in [4.78, 5) is 22.4. The molecule has 1 N–H and O–H groups in total. The van der Waals surface area contributed by atoms with Crippen molar-refractivity contribution in [2.75, 3.05) is 7.11 Å². The van der Waals surface area contributed by atoms with E-state index in [9.17, 15) is 14.9 Å². The van der Waals surface area contributed by atoms with E-state index < -0.39 is 10.9 Å². The number of esters is 1. The largest absolute Gasteiger partial charge is 0.465 e. The zero-order valence-electron chi connectivity index (χ0n) is 12.4. The fraction of sp³-hybridized carbons (Fsp3) is 0.438. The minimum absolute atomic E-state index is 0.0810. The van der Waals surface area contributed by atoms with Gasteiger partial charge in [-0.2, -0.15) is 0 Å². The summed E-state index contributed by atoms with van der Waals surface area (Å²) in [5.41, 5.74) is 1.95. The molecule has 6 heteroatoms. The molecule has 0 aliphatic carbocycles. The summed E-state index contributed by atoms with van der Waals surface area (Å²) in [6.07, 6.45) is 6.37. The molecule has 2 unspecified atom stereocenters. The van der Waals surface area contributed by atoms with Gasteiger partial charge in [0.05, 0.1) is 17.6 Å². The van der Waals surface area contributed by atoms with Crippen molar-refractivity contribution in [3.8, 4) is 0 Å². The average molecular weight is 302 g/mol. The molecule has 0 aromatic heterocycles. The lowest BCUT2D eigenvalue weighted by Gasteiger charge is -2.35. The Labute approximate surface area is 128 Å². The number of nitrogens with one attached hydrogen (secondary N) is 1. The minimum Gasteiger partial charge on any atom is -0.465 e. The molecule has 22 heavy (non-hydrogen) atoms. The van der Waals surface area contributed by atoms with Crippen LogP contribution in [0.4, 0.5) is 5.69 Å². The van der Waals surface area contributed by atoms with Crippen LogP contribution in [0.25, 0.3) is 5.57 Å². The first-order chi connectivity index (χ1) is 10.6. The number of benzene rings is 1. The molecule has 1 aromatic rings. The Balaban J connectivity index is 2.02. The highest BCUT2D eigenvalue weighted by Gasteiger charge is 2.27. The molecular weight excluding hydrogens is 284 g/mol. The standard InChI is InChI=1S/C16H18N2O4/c1-22-16(19)12-5-10(8-15(9-12)18(20)21)11-6-13-3-2-4-14(7-11)17-13/h5-6,8-9,13-14,17H,2-4,7H2,1H3. The summed E-state index contributed by atoms with van der Waals surface area (Å²) in [7, 11) is 1.27. The summed E-state index contributed by atoms with van der Waals surface area (Å²) < 4.78 is 4.69. The predicted octanol–water partition coefficient (Wildman–Crippen LogP) is 2.68. The molecule has 1 fully saturated rings. The van der Waals surface area contributed by atoms with Gasteiger partial charge >= 0.3 is 5.97 Å². The van der Waals surface area contributed by atoms with Crippen molar-refractivity contribution in [2.45, 2.75) is 37.8 Å². The van der Waals surface area contributed by atoms with E-state index in [0.29, 0.717) is 12.1 Å². The van der Waals surface area contributed by atoms with Crippen molar-refractivity contribution in [3.63, 3.8) is 0 Å². The fourth-order valence-electron chi connectivity index (χ4n) is 3.27. The van der Waals surface area contributed by atoms with E-state index in [2.05, 4.69) is 11.4 Å². The van der Waals surface area contributed by atoms with Crippen molar-refractivity contribution in [1.82, 2.24) is 5.32 Å². The highest BCUT2D eigenvalue weighted by molar-refractivity contribution is 5.91. The van der Waals surface area contributed by atoms with E-state index in [4.69, 9.17) is 4.74 Å². The molecule has 2 aliphatic rings. The maximum Gasteiger partial charge on any atom is 0.338 e. The van der Waals surface area contributed by atoms with Crippen molar-refractivity contribution in [2.24, 2.45) is 0 Å². The lowest BCUT2D eigenvalue weighted by atomic mass is 9.84. The first-order valence-electron chi connectivity index (χ1n) is 7.41. The normalized spacial score (nSPS) is 23.6. The summed E-state index contributed by atoms with van der Waals surface area (Å²) in [5, 5.41) is 14.7. The van der Waals surface area contributed by atoms with Gasteiger partial charge in [-0.3, -0.25) is 10.1 Å². The lowest BCUT2D eigenvalue weighted by Crippen LogP contribution is -2.44. The monoisotopic (exact) mass is 302 g/mol. The van der Waals surface area contributed by atoms with Crippen LogP contribution in [0.1, 0.15) is 41.6 Å². The topological polar surface area (TPSA) is 81.5 Å². The average Bonchev–Trinajstić information content (AvgIpc) is 2.53. The zero-order chi connectivity index (χ0) is 15.7. The molecule has 116 valence electrons. The SMILES string of the molecule is COC(=O)c1cc(C2=CC3CCCC(C2)N3)cc([N+](=O)[O-])c1. The molecule has 2 bridgehead atoms. The van der Waals surface area contributed by atoms with Crippen LogP contribution in [-0.4, -0.2) is 30.1 Å². The number of hydrogen-bond acceptors (Lipinski definition) is 5. The molecule has 0 radical (unpaired) electrons. The van der Waals surface area contributed by atoms with Gasteiger partial charge in [0.1, 0.15) is 0 Å². The van der Waals surface area contributed by atoms with Gasteiger partial charge < -0.3 is 10.1 Å². The molecule has 6 nitrogen and oxygen atoms in total. The van der Waals surface area contributed by atoms with Crippen molar-refractivity contribution in [3.05, 3.63) is 45.5 Å². The van der Waals surface area contributed by atoms with Crippen LogP contribution in [0.3, 0.4) is 0 Å². The maximum absolute atomic E-state index is 11.7. The van der Waals surface area contributed by atoms with Gasteiger partial charge in [0.25, 0.3) is 5.69 Å². The Morgan fingerprint density at radius 2 is 2.18 bits per heavy atom. The Kier molecular flexibility index (Phi) is 3.94. The number of carbonyl (C=O) groups is 1. The maximum atomic E-state index is 11.7. The van der Waals surface area contributed by atoms with Gasteiger partial charge in [0.15, 0.2) is 0 Å². The summed E-state index contributed by atoms with van der Waals surface area (Å²) in [5.74, 6) is -0.556. The molecule has 1 saturated heterocycles. The van der Waals surface area contributed by atoms with Crippen LogP contribution >= 0.6 is 0 Å². The number of non-ortho nitro benzene ring substituents is 1. The van der Waals surface area contributed by atoms with Gasteiger partial charge in [-0.15, -0.1) is 0 Å². The van der Waals surface area contributed by atoms with E-state index in [1.165, 1.54) is 19.6 Å². The van der Waals surface area contributed by atoms with Crippen LogP contribution < -0.4 is 5.32 Å². The summed E-state index contributed by atoms with van der Waals surface area (Å²) in [6, 6.07) is 5.23. The third-order valence-corrected chi connectivity index (χ3v) is 4.31. The number of nitro groups is 1. The number of methoxy groups -OCH3 is 1. The molecule has 1 aromatic carbocycles. The Morgan fingerprint density at radius 1 is 1.36 bits per heavy atom. The minimum atomic E-state index is -0.556. The molecule has 0 saturated carbocycles. The van der Waals surface area contributed by atoms with Crippen molar-refractivity contribution >= 4 is 17.2 Å². The van der Waals surface area contributed by atoms with Gasteiger partial charge in [-0.05, 0) is 36.5 Å². The summed E-state index contributed by atoms with van der Waals surface area (Å²) in [6.45, 7) is 0. The Morgan fingerprint density at radius 3 is 2.86 bits per heavy atom. The second kappa shape index (κ2) is 5.88. The second-order valence-corrected chi connectivity index (χ2v) is 5.81.